The van der Waals surface area contributed by atoms with Gasteiger partial charge in [-0.2, -0.15) is 0 Å². The van der Waals surface area contributed by atoms with E-state index in [1.54, 1.807) is 49.6 Å². The van der Waals surface area contributed by atoms with Crippen molar-refractivity contribution in [1.29, 1.82) is 0 Å². The zero-order chi connectivity index (χ0) is 18.2. The Bertz CT molecular complexity index is 749. The lowest BCUT2D eigenvalue weighted by molar-refractivity contribution is -0.123. The molecule has 2 aromatic rings. The quantitative estimate of drug-likeness (QED) is 0.716. The summed E-state index contributed by atoms with van der Waals surface area (Å²) in [6.45, 7) is -0.248. The van der Waals surface area contributed by atoms with Gasteiger partial charge in [0, 0.05) is 4.47 Å². The number of benzene rings is 2. The highest BCUT2D eigenvalue weighted by Crippen LogP contribution is 2.22. The first-order valence-electron chi connectivity index (χ1n) is 7.23. The van der Waals surface area contributed by atoms with Gasteiger partial charge in [0.25, 0.3) is 11.8 Å². The summed E-state index contributed by atoms with van der Waals surface area (Å²) in [6.07, 6.45) is 0. The highest BCUT2D eigenvalue weighted by molar-refractivity contribution is 9.10. The topological polar surface area (TPSA) is 85.9 Å². The first-order valence-corrected chi connectivity index (χ1v) is 8.02. The van der Waals surface area contributed by atoms with Gasteiger partial charge in [-0.1, -0.05) is 15.9 Å². The van der Waals surface area contributed by atoms with Crippen molar-refractivity contribution < 1.29 is 23.8 Å². The summed E-state index contributed by atoms with van der Waals surface area (Å²) in [5, 5.41) is 0. The number of nitrogens with one attached hydrogen (secondary N) is 2. The van der Waals surface area contributed by atoms with Crippen LogP contribution in [-0.2, 0) is 4.79 Å². The minimum absolute atomic E-state index is 0.248. The number of methoxy groups -OCH3 is 2. The number of hydrazine groups is 1. The van der Waals surface area contributed by atoms with Crippen LogP contribution in [0.1, 0.15) is 10.4 Å². The van der Waals surface area contributed by atoms with E-state index >= 15 is 0 Å². The number of amides is 2. The van der Waals surface area contributed by atoms with Gasteiger partial charge in [-0.05, 0) is 42.5 Å². The van der Waals surface area contributed by atoms with Crippen LogP contribution >= 0.6 is 15.9 Å². The Hall–Kier alpha value is -2.74. The van der Waals surface area contributed by atoms with E-state index in [0.717, 1.165) is 0 Å². The molecular weight excluding hydrogens is 392 g/mol. The summed E-state index contributed by atoms with van der Waals surface area (Å²) in [5.74, 6) is 0.585. The minimum atomic E-state index is -0.504. The Labute approximate surface area is 153 Å². The van der Waals surface area contributed by atoms with Crippen molar-refractivity contribution >= 4 is 27.7 Å². The summed E-state index contributed by atoms with van der Waals surface area (Å²) in [4.78, 5) is 23.9. The molecule has 0 aliphatic rings. The summed E-state index contributed by atoms with van der Waals surface area (Å²) in [7, 11) is 3.02. The first kappa shape index (κ1) is 18.6. The molecule has 0 bridgehead atoms. The third-order valence-electron chi connectivity index (χ3n) is 3.15. The van der Waals surface area contributed by atoms with Crippen LogP contribution in [0.15, 0.2) is 46.9 Å². The molecule has 0 saturated carbocycles. The number of carbonyl (C=O) groups excluding carboxylic acids is 2. The van der Waals surface area contributed by atoms with Gasteiger partial charge >= 0.3 is 0 Å². The summed E-state index contributed by atoms with van der Waals surface area (Å²) in [5.41, 5.74) is 4.89. The van der Waals surface area contributed by atoms with E-state index in [-0.39, 0.29) is 12.2 Å². The fourth-order valence-corrected chi connectivity index (χ4v) is 2.27. The number of halogens is 1. The number of hydrogen-bond acceptors (Lipinski definition) is 5. The largest absolute Gasteiger partial charge is 0.497 e. The van der Waals surface area contributed by atoms with Crippen LogP contribution in [0.4, 0.5) is 0 Å². The molecule has 2 N–H and O–H groups in total. The minimum Gasteiger partial charge on any atom is -0.497 e. The van der Waals surface area contributed by atoms with Crippen LogP contribution < -0.4 is 25.1 Å². The van der Waals surface area contributed by atoms with E-state index in [0.29, 0.717) is 21.7 Å². The number of rotatable bonds is 6. The summed E-state index contributed by atoms with van der Waals surface area (Å²) >= 11 is 3.28. The Morgan fingerprint density at radius 2 is 1.64 bits per heavy atom. The second-order valence-corrected chi connectivity index (χ2v) is 5.73. The van der Waals surface area contributed by atoms with Crippen LogP contribution in [0.2, 0.25) is 0 Å². The third kappa shape index (κ3) is 5.39. The molecule has 0 atom stereocenters. The standard InChI is InChI=1S/C17H17BrN2O5/c1-23-12-4-6-13(7-5-12)25-10-16(21)19-20-17(22)14-9-11(18)3-8-15(14)24-2/h3-9H,10H2,1-2H3,(H,19,21)(H,20,22). The van der Waals surface area contributed by atoms with E-state index in [9.17, 15) is 9.59 Å². The molecular formula is C17H17BrN2O5. The lowest BCUT2D eigenvalue weighted by Crippen LogP contribution is -2.43. The molecule has 2 amide bonds. The van der Waals surface area contributed by atoms with Crippen molar-refractivity contribution in [3.8, 4) is 17.2 Å². The molecule has 0 fully saturated rings. The SMILES string of the molecule is COc1ccc(OCC(=O)NNC(=O)c2cc(Br)ccc2OC)cc1. The summed E-state index contributed by atoms with van der Waals surface area (Å²) < 4.78 is 16.2. The van der Waals surface area contributed by atoms with Gasteiger partial charge in [0.05, 0.1) is 19.8 Å². The highest BCUT2D eigenvalue weighted by Gasteiger charge is 2.13. The van der Waals surface area contributed by atoms with Crippen molar-refractivity contribution in [2.24, 2.45) is 0 Å². The van der Waals surface area contributed by atoms with Crippen molar-refractivity contribution in [2.45, 2.75) is 0 Å². The molecule has 0 spiro atoms. The van der Waals surface area contributed by atoms with Gasteiger partial charge in [0.2, 0.25) is 0 Å². The predicted molar refractivity (Wildman–Crippen MR) is 94.8 cm³/mol. The maximum Gasteiger partial charge on any atom is 0.276 e. The normalized spacial score (nSPS) is 9.88. The molecule has 8 heteroatoms. The Morgan fingerprint density at radius 3 is 2.28 bits per heavy atom. The molecule has 0 aromatic heterocycles. The Kier molecular flexibility index (Phi) is 6.64. The lowest BCUT2D eigenvalue weighted by atomic mass is 10.2. The van der Waals surface area contributed by atoms with Crippen LogP contribution in [0, 0.1) is 0 Å². The van der Waals surface area contributed by atoms with Gasteiger partial charge in [-0.15, -0.1) is 0 Å². The second kappa shape index (κ2) is 8.93. The second-order valence-electron chi connectivity index (χ2n) is 4.81. The zero-order valence-corrected chi connectivity index (χ0v) is 15.3. The van der Waals surface area contributed by atoms with Gasteiger partial charge in [-0.3, -0.25) is 20.4 Å². The van der Waals surface area contributed by atoms with Crippen LogP contribution in [0.5, 0.6) is 17.2 Å². The van der Waals surface area contributed by atoms with Gasteiger partial charge < -0.3 is 14.2 Å². The fourth-order valence-electron chi connectivity index (χ4n) is 1.91. The molecule has 7 nitrogen and oxygen atoms in total. The van der Waals surface area contributed by atoms with Crippen molar-refractivity contribution in [3.05, 3.63) is 52.5 Å². The van der Waals surface area contributed by atoms with E-state index in [1.165, 1.54) is 7.11 Å². The zero-order valence-electron chi connectivity index (χ0n) is 13.7. The smallest absolute Gasteiger partial charge is 0.276 e. The maximum atomic E-state index is 12.1. The van der Waals surface area contributed by atoms with E-state index < -0.39 is 11.8 Å². The van der Waals surface area contributed by atoms with Crippen molar-refractivity contribution in [3.63, 3.8) is 0 Å². The predicted octanol–water partition coefficient (Wildman–Crippen LogP) is 2.31. The van der Waals surface area contributed by atoms with E-state index in [2.05, 4.69) is 26.8 Å². The van der Waals surface area contributed by atoms with Crippen molar-refractivity contribution in [1.82, 2.24) is 10.9 Å². The molecule has 2 rings (SSSR count). The maximum absolute atomic E-state index is 12.1. The van der Waals surface area contributed by atoms with Crippen LogP contribution in [0.25, 0.3) is 0 Å². The molecule has 25 heavy (non-hydrogen) atoms. The Balaban J connectivity index is 1.85. The number of ether oxygens (including phenoxy) is 3. The molecule has 0 radical (unpaired) electrons. The molecule has 0 unspecified atom stereocenters. The average Bonchev–Trinajstić information content (AvgIpc) is 2.64. The van der Waals surface area contributed by atoms with Crippen molar-refractivity contribution in [2.75, 3.05) is 20.8 Å². The summed E-state index contributed by atoms with van der Waals surface area (Å²) in [6, 6.07) is 11.8. The van der Waals surface area contributed by atoms with E-state index in [1.807, 2.05) is 0 Å². The first-order chi connectivity index (χ1) is 12.0. The van der Waals surface area contributed by atoms with Gasteiger partial charge in [-0.25, -0.2) is 0 Å². The van der Waals surface area contributed by atoms with Gasteiger partial charge in [0.1, 0.15) is 17.2 Å². The van der Waals surface area contributed by atoms with Gasteiger partial charge in [0.15, 0.2) is 6.61 Å². The lowest BCUT2D eigenvalue weighted by Gasteiger charge is -2.11. The Morgan fingerprint density at radius 1 is 0.960 bits per heavy atom. The molecule has 0 aliphatic heterocycles. The van der Waals surface area contributed by atoms with Crippen LogP contribution in [-0.4, -0.2) is 32.6 Å². The highest BCUT2D eigenvalue weighted by atomic mass is 79.9. The molecule has 0 saturated heterocycles. The molecule has 132 valence electrons. The molecule has 0 aliphatic carbocycles. The number of carbonyl (C=O) groups is 2. The molecule has 2 aromatic carbocycles. The fraction of sp³-hybridized carbons (Fsp3) is 0.176. The number of hydrogen-bond donors (Lipinski definition) is 2. The molecule has 0 heterocycles. The average molecular weight is 409 g/mol. The van der Waals surface area contributed by atoms with E-state index in [4.69, 9.17) is 14.2 Å². The monoisotopic (exact) mass is 408 g/mol. The third-order valence-corrected chi connectivity index (χ3v) is 3.64. The van der Waals surface area contributed by atoms with Crippen LogP contribution in [0.3, 0.4) is 0 Å².